The number of hydrogen-bond acceptors (Lipinski definition) is 1. The van der Waals surface area contributed by atoms with E-state index in [1.54, 1.807) is 0 Å². The van der Waals surface area contributed by atoms with Crippen molar-refractivity contribution in [3.63, 3.8) is 0 Å². The molecule has 0 fully saturated rings. The molecule has 2 aromatic carbocycles. The first-order valence-corrected chi connectivity index (χ1v) is 8.83. The standard InChI is InChI=1S/C22H28O2/c1-18(2)16-22(21(23)24,17-20-12-7-4-8-13-20)15-9-14-19-10-5-3-6-11-19/h3-8,10-13,18H,9,14-17H2,1-2H3,(H,23,24). The summed E-state index contributed by atoms with van der Waals surface area (Å²) in [5, 5.41) is 10.0. The summed E-state index contributed by atoms with van der Waals surface area (Å²) in [5.41, 5.74) is 1.71. The van der Waals surface area contributed by atoms with Gasteiger partial charge in [0.05, 0.1) is 5.41 Å². The van der Waals surface area contributed by atoms with Crippen LogP contribution in [0, 0.1) is 11.3 Å². The van der Waals surface area contributed by atoms with Crippen LogP contribution in [0.15, 0.2) is 60.7 Å². The van der Waals surface area contributed by atoms with Gasteiger partial charge in [-0.3, -0.25) is 4.79 Å². The minimum atomic E-state index is -0.676. The Labute approximate surface area is 145 Å². The number of rotatable bonds is 9. The molecule has 0 aliphatic carbocycles. The zero-order valence-corrected chi connectivity index (χ0v) is 14.7. The fourth-order valence-corrected chi connectivity index (χ4v) is 3.58. The van der Waals surface area contributed by atoms with Gasteiger partial charge in [-0.15, -0.1) is 0 Å². The Kier molecular flexibility index (Phi) is 6.60. The Morgan fingerprint density at radius 3 is 2.00 bits per heavy atom. The van der Waals surface area contributed by atoms with E-state index < -0.39 is 11.4 Å². The van der Waals surface area contributed by atoms with E-state index in [9.17, 15) is 9.90 Å². The highest BCUT2D eigenvalue weighted by Crippen LogP contribution is 2.36. The van der Waals surface area contributed by atoms with Crippen molar-refractivity contribution in [3.05, 3.63) is 71.8 Å². The van der Waals surface area contributed by atoms with Crippen molar-refractivity contribution in [2.75, 3.05) is 0 Å². The third-order valence-corrected chi connectivity index (χ3v) is 4.60. The molecule has 0 spiro atoms. The van der Waals surface area contributed by atoms with Gasteiger partial charge < -0.3 is 5.11 Å². The lowest BCUT2D eigenvalue weighted by Gasteiger charge is -2.31. The Bertz CT molecular complexity index is 619. The van der Waals surface area contributed by atoms with Crippen LogP contribution in [0.2, 0.25) is 0 Å². The number of benzene rings is 2. The van der Waals surface area contributed by atoms with E-state index in [2.05, 4.69) is 26.0 Å². The van der Waals surface area contributed by atoms with Gasteiger partial charge in [-0.05, 0) is 49.1 Å². The molecule has 24 heavy (non-hydrogen) atoms. The fraction of sp³-hybridized carbons (Fsp3) is 0.409. The maximum atomic E-state index is 12.2. The first kappa shape index (κ1) is 18.3. The fourth-order valence-electron chi connectivity index (χ4n) is 3.58. The van der Waals surface area contributed by atoms with Gasteiger partial charge in [-0.2, -0.15) is 0 Å². The molecule has 0 heterocycles. The van der Waals surface area contributed by atoms with Crippen molar-refractivity contribution in [2.45, 2.75) is 46.0 Å². The SMILES string of the molecule is CC(C)CC(CCCc1ccccc1)(Cc1ccccc1)C(=O)O. The molecule has 1 N–H and O–H groups in total. The van der Waals surface area contributed by atoms with Crippen molar-refractivity contribution < 1.29 is 9.90 Å². The second-order valence-corrected chi connectivity index (χ2v) is 7.18. The number of carboxylic acids is 1. The topological polar surface area (TPSA) is 37.3 Å². The van der Waals surface area contributed by atoms with Crippen LogP contribution >= 0.6 is 0 Å². The van der Waals surface area contributed by atoms with E-state index in [1.807, 2.05) is 48.5 Å². The molecule has 2 rings (SSSR count). The van der Waals surface area contributed by atoms with Crippen molar-refractivity contribution in [3.8, 4) is 0 Å². The van der Waals surface area contributed by atoms with E-state index in [4.69, 9.17) is 0 Å². The number of aliphatic carboxylic acids is 1. The quantitative estimate of drug-likeness (QED) is 0.673. The minimum absolute atomic E-state index is 0.363. The third-order valence-electron chi connectivity index (χ3n) is 4.60. The average Bonchev–Trinajstić information content (AvgIpc) is 2.56. The van der Waals surface area contributed by atoms with Crippen LogP contribution in [0.25, 0.3) is 0 Å². The Morgan fingerprint density at radius 1 is 0.958 bits per heavy atom. The van der Waals surface area contributed by atoms with E-state index in [0.29, 0.717) is 25.2 Å². The Morgan fingerprint density at radius 2 is 1.50 bits per heavy atom. The van der Waals surface area contributed by atoms with Crippen LogP contribution in [-0.4, -0.2) is 11.1 Å². The van der Waals surface area contributed by atoms with Gasteiger partial charge in [0, 0.05) is 0 Å². The van der Waals surface area contributed by atoms with Crippen LogP contribution in [0.4, 0.5) is 0 Å². The monoisotopic (exact) mass is 324 g/mol. The molecule has 2 aromatic rings. The van der Waals surface area contributed by atoms with Gasteiger partial charge in [-0.25, -0.2) is 0 Å². The van der Waals surface area contributed by atoms with Crippen molar-refractivity contribution in [2.24, 2.45) is 11.3 Å². The number of hydrogen-bond donors (Lipinski definition) is 1. The summed E-state index contributed by atoms with van der Waals surface area (Å²) >= 11 is 0. The predicted molar refractivity (Wildman–Crippen MR) is 99.0 cm³/mol. The van der Waals surface area contributed by atoms with Gasteiger partial charge in [0.15, 0.2) is 0 Å². The number of aryl methyl sites for hydroxylation is 1. The second-order valence-electron chi connectivity index (χ2n) is 7.18. The van der Waals surface area contributed by atoms with E-state index in [-0.39, 0.29) is 0 Å². The molecular formula is C22H28O2. The molecule has 0 saturated heterocycles. The molecule has 0 radical (unpaired) electrons. The third kappa shape index (κ3) is 5.23. The van der Waals surface area contributed by atoms with Gasteiger partial charge in [0.1, 0.15) is 0 Å². The van der Waals surface area contributed by atoms with Gasteiger partial charge in [-0.1, -0.05) is 74.5 Å². The van der Waals surface area contributed by atoms with E-state index in [0.717, 1.165) is 18.4 Å². The summed E-state index contributed by atoms with van der Waals surface area (Å²) in [4.78, 5) is 12.2. The molecule has 0 bridgehead atoms. The average molecular weight is 324 g/mol. The molecule has 128 valence electrons. The maximum absolute atomic E-state index is 12.2. The van der Waals surface area contributed by atoms with Crippen LogP contribution in [-0.2, 0) is 17.6 Å². The molecule has 0 saturated carbocycles. The van der Waals surface area contributed by atoms with E-state index >= 15 is 0 Å². The zero-order valence-electron chi connectivity index (χ0n) is 14.7. The largest absolute Gasteiger partial charge is 0.481 e. The van der Waals surface area contributed by atoms with Gasteiger partial charge in [0.2, 0.25) is 0 Å². The van der Waals surface area contributed by atoms with Crippen LogP contribution in [0.3, 0.4) is 0 Å². The van der Waals surface area contributed by atoms with Crippen LogP contribution in [0.1, 0.15) is 44.2 Å². The lowest BCUT2D eigenvalue weighted by Crippen LogP contribution is -2.35. The summed E-state index contributed by atoms with van der Waals surface area (Å²) in [5.74, 6) is -0.297. The summed E-state index contributed by atoms with van der Waals surface area (Å²) in [7, 11) is 0. The Balaban J connectivity index is 2.12. The number of carbonyl (C=O) groups is 1. The molecule has 1 atom stereocenters. The summed E-state index contributed by atoms with van der Waals surface area (Å²) in [6.45, 7) is 4.22. The summed E-state index contributed by atoms with van der Waals surface area (Å²) < 4.78 is 0. The normalized spacial score (nSPS) is 13.6. The molecule has 2 nitrogen and oxygen atoms in total. The first-order chi connectivity index (χ1) is 11.5. The zero-order chi connectivity index (χ0) is 17.4. The lowest BCUT2D eigenvalue weighted by atomic mass is 9.72. The van der Waals surface area contributed by atoms with Crippen LogP contribution < -0.4 is 0 Å². The molecular weight excluding hydrogens is 296 g/mol. The minimum Gasteiger partial charge on any atom is -0.481 e. The van der Waals surface area contributed by atoms with Crippen molar-refractivity contribution in [1.82, 2.24) is 0 Å². The predicted octanol–water partition coefficient (Wildman–Crippen LogP) is 5.37. The smallest absolute Gasteiger partial charge is 0.309 e. The number of carboxylic acid groups (broad SMARTS) is 1. The first-order valence-electron chi connectivity index (χ1n) is 8.83. The molecule has 0 aliphatic rings. The molecule has 1 unspecified atom stereocenters. The summed E-state index contributed by atoms with van der Waals surface area (Å²) in [6.07, 6.45) is 3.87. The highest BCUT2D eigenvalue weighted by Gasteiger charge is 2.38. The summed E-state index contributed by atoms with van der Waals surface area (Å²) in [6, 6.07) is 20.3. The van der Waals surface area contributed by atoms with Gasteiger partial charge in [0.25, 0.3) is 0 Å². The molecule has 0 aliphatic heterocycles. The highest BCUT2D eigenvalue weighted by molar-refractivity contribution is 5.75. The maximum Gasteiger partial charge on any atom is 0.309 e. The second kappa shape index (κ2) is 8.68. The molecule has 0 aromatic heterocycles. The van der Waals surface area contributed by atoms with Crippen molar-refractivity contribution in [1.29, 1.82) is 0 Å². The molecule has 2 heteroatoms. The highest BCUT2D eigenvalue weighted by atomic mass is 16.4. The van der Waals surface area contributed by atoms with E-state index in [1.165, 1.54) is 5.56 Å². The molecule has 0 amide bonds. The lowest BCUT2D eigenvalue weighted by molar-refractivity contribution is -0.150. The van der Waals surface area contributed by atoms with Crippen molar-refractivity contribution >= 4 is 5.97 Å². The van der Waals surface area contributed by atoms with Crippen LogP contribution in [0.5, 0.6) is 0 Å². The Hall–Kier alpha value is -2.09. The van der Waals surface area contributed by atoms with Gasteiger partial charge >= 0.3 is 5.97 Å².